The van der Waals surface area contributed by atoms with Crippen LogP contribution in [0.5, 0.6) is 0 Å². The molecule has 0 fully saturated rings. The summed E-state index contributed by atoms with van der Waals surface area (Å²) in [6.45, 7) is -0.778. The predicted molar refractivity (Wildman–Crippen MR) is 61.3 cm³/mol. The van der Waals surface area contributed by atoms with Gasteiger partial charge in [-0.2, -0.15) is 0 Å². The van der Waals surface area contributed by atoms with Gasteiger partial charge in [-0.05, 0) is 0 Å². The van der Waals surface area contributed by atoms with Gasteiger partial charge in [0.05, 0.1) is 7.11 Å². The number of ether oxygens (including phenoxy) is 1. The molecule has 10 heteroatoms. The van der Waals surface area contributed by atoms with Crippen LogP contribution < -0.4 is 0 Å². The lowest BCUT2D eigenvalue weighted by Gasteiger charge is -2.10. The molecule has 0 radical (unpaired) electrons. The zero-order valence-electron chi connectivity index (χ0n) is 9.68. The van der Waals surface area contributed by atoms with Gasteiger partial charge in [0, 0.05) is 7.11 Å². The van der Waals surface area contributed by atoms with Crippen molar-refractivity contribution in [3.8, 4) is 0 Å². The van der Waals surface area contributed by atoms with Crippen molar-refractivity contribution in [3.05, 3.63) is 0 Å². The Morgan fingerprint density at radius 2 is 1.37 bits per heavy atom. The van der Waals surface area contributed by atoms with E-state index in [1.54, 1.807) is 0 Å². The van der Waals surface area contributed by atoms with E-state index >= 15 is 0 Å². The van der Waals surface area contributed by atoms with E-state index in [0.29, 0.717) is 0 Å². The highest BCUT2D eigenvalue weighted by molar-refractivity contribution is 5.84. The molecule has 2 atom stereocenters. The standard InChI is InChI=1S/C5H8O6.C2H4O3.CH4O.CH4/c1-11-5(10)3(7)2(6)4(8)9;3-1-2(4)5;1-2;/h2-3,6-7H,1H3,(H,8,9);3H,1H2,(H,4,5);2H,1H3;1H4/t2-,3-;;;/m1.../s1. The fraction of sp³-hybridized carbons (Fsp3) is 0.667. The summed E-state index contributed by atoms with van der Waals surface area (Å²) in [5.41, 5.74) is 0. The van der Waals surface area contributed by atoms with Gasteiger partial charge in [-0.3, -0.25) is 0 Å². The van der Waals surface area contributed by atoms with Crippen LogP contribution in [0.2, 0.25) is 0 Å². The largest absolute Gasteiger partial charge is 0.480 e. The Morgan fingerprint density at radius 3 is 1.53 bits per heavy atom. The topological polar surface area (TPSA) is 182 Å². The molecule has 0 amide bonds. The van der Waals surface area contributed by atoms with Crippen molar-refractivity contribution < 1.29 is 49.8 Å². The average Bonchev–Trinajstić information content (AvgIpc) is 2.38. The van der Waals surface area contributed by atoms with E-state index in [1.165, 1.54) is 0 Å². The summed E-state index contributed by atoms with van der Waals surface area (Å²) in [5, 5.41) is 47.3. The maximum absolute atomic E-state index is 10.4. The van der Waals surface area contributed by atoms with Gasteiger partial charge >= 0.3 is 17.9 Å². The maximum Gasteiger partial charge on any atom is 0.338 e. The second-order valence-electron chi connectivity index (χ2n) is 2.30. The van der Waals surface area contributed by atoms with Crippen LogP contribution in [0.1, 0.15) is 7.43 Å². The number of aliphatic carboxylic acids is 2. The van der Waals surface area contributed by atoms with Crippen molar-refractivity contribution in [2.45, 2.75) is 19.6 Å². The number of methoxy groups -OCH3 is 1. The molecule has 19 heavy (non-hydrogen) atoms. The van der Waals surface area contributed by atoms with Crippen LogP contribution >= 0.6 is 0 Å². The Kier molecular flexibility index (Phi) is 22.2. The molecule has 0 heterocycles. The highest BCUT2D eigenvalue weighted by Gasteiger charge is 2.30. The first kappa shape index (κ1) is 25.9. The van der Waals surface area contributed by atoms with Gasteiger partial charge in [0.25, 0.3) is 0 Å². The van der Waals surface area contributed by atoms with Crippen molar-refractivity contribution in [2.75, 3.05) is 20.8 Å². The lowest BCUT2D eigenvalue weighted by molar-refractivity contribution is -0.167. The normalized spacial score (nSPS) is 11.1. The average molecular weight is 288 g/mol. The van der Waals surface area contributed by atoms with E-state index in [2.05, 4.69) is 4.74 Å². The van der Waals surface area contributed by atoms with Crippen molar-refractivity contribution in [1.29, 1.82) is 0 Å². The zero-order chi connectivity index (χ0) is 15.3. The minimum Gasteiger partial charge on any atom is -0.480 e. The molecule has 0 aromatic heterocycles. The number of aliphatic hydroxyl groups is 4. The molecular weight excluding hydrogens is 268 g/mol. The number of hydrogen-bond donors (Lipinski definition) is 6. The summed E-state index contributed by atoms with van der Waals surface area (Å²) < 4.78 is 3.97. The number of esters is 1. The lowest BCUT2D eigenvalue weighted by atomic mass is 10.2. The Labute approximate surface area is 109 Å². The zero-order valence-corrected chi connectivity index (χ0v) is 9.68. The number of carboxylic acid groups (broad SMARTS) is 2. The molecule has 0 unspecified atom stereocenters. The number of hydrogen-bond acceptors (Lipinski definition) is 8. The minimum absolute atomic E-state index is 0. The first-order valence-corrected chi connectivity index (χ1v) is 4.22. The molecule has 0 bridgehead atoms. The molecule has 0 saturated heterocycles. The fourth-order valence-corrected chi connectivity index (χ4v) is 0.385. The van der Waals surface area contributed by atoms with Crippen molar-refractivity contribution >= 4 is 17.9 Å². The molecule has 10 nitrogen and oxygen atoms in total. The molecule has 6 N–H and O–H groups in total. The summed E-state index contributed by atoms with van der Waals surface area (Å²) in [4.78, 5) is 29.4. The van der Waals surface area contributed by atoms with Crippen molar-refractivity contribution in [2.24, 2.45) is 0 Å². The SMILES string of the molecule is C.CO.COC(=O)[C@H](O)[C@@H](O)C(=O)O.O=C(O)CO. The fourth-order valence-electron chi connectivity index (χ4n) is 0.385. The molecule has 0 rings (SSSR count). The second-order valence-corrected chi connectivity index (χ2v) is 2.30. The van der Waals surface area contributed by atoms with E-state index in [0.717, 1.165) is 14.2 Å². The molecule has 0 aliphatic rings. The van der Waals surface area contributed by atoms with Crippen LogP contribution in [0.25, 0.3) is 0 Å². The Morgan fingerprint density at radius 1 is 1.05 bits per heavy atom. The summed E-state index contributed by atoms with van der Waals surface area (Å²) in [6.07, 6.45) is -4.17. The van der Waals surface area contributed by atoms with Gasteiger partial charge in [0.1, 0.15) is 6.61 Å². The summed E-state index contributed by atoms with van der Waals surface area (Å²) in [6, 6.07) is 0. The first-order chi connectivity index (χ1) is 8.27. The molecular formula is C9H20O10. The van der Waals surface area contributed by atoms with E-state index < -0.39 is 36.7 Å². The van der Waals surface area contributed by atoms with Gasteiger partial charge in [0.15, 0.2) is 12.2 Å². The summed E-state index contributed by atoms with van der Waals surface area (Å²) >= 11 is 0. The lowest BCUT2D eigenvalue weighted by Crippen LogP contribution is -2.40. The van der Waals surface area contributed by atoms with Crippen LogP contribution in [-0.4, -0.2) is 81.6 Å². The molecule has 0 saturated carbocycles. The minimum atomic E-state index is -2.14. The van der Waals surface area contributed by atoms with Gasteiger partial charge in [-0.25, -0.2) is 14.4 Å². The molecule has 0 aromatic carbocycles. The van der Waals surface area contributed by atoms with Crippen LogP contribution in [0.4, 0.5) is 0 Å². The Hall–Kier alpha value is -1.75. The molecule has 0 aliphatic carbocycles. The number of aliphatic hydroxyl groups excluding tert-OH is 4. The van der Waals surface area contributed by atoms with Gasteiger partial charge in [-0.15, -0.1) is 0 Å². The first-order valence-electron chi connectivity index (χ1n) is 4.22. The van der Waals surface area contributed by atoms with E-state index in [4.69, 9.17) is 35.4 Å². The third kappa shape index (κ3) is 16.2. The third-order valence-electron chi connectivity index (χ3n) is 1.13. The van der Waals surface area contributed by atoms with Crippen molar-refractivity contribution in [1.82, 2.24) is 0 Å². The van der Waals surface area contributed by atoms with E-state index in [1.807, 2.05) is 0 Å². The smallest absolute Gasteiger partial charge is 0.338 e. The van der Waals surface area contributed by atoms with Crippen LogP contribution in [-0.2, 0) is 19.1 Å². The number of carbonyl (C=O) groups is 3. The number of carbonyl (C=O) groups excluding carboxylic acids is 1. The summed E-state index contributed by atoms with van der Waals surface area (Å²) in [5.74, 6) is -4.05. The Balaban J connectivity index is -0.000000120. The highest BCUT2D eigenvalue weighted by Crippen LogP contribution is 1.95. The predicted octanol–water partition coefficient (Wildman–Crippen LogP) is -2.73. The second kappa shape index (κ2) is 16.2. The van der Waals surface area contributed by atoms with Crippen LogP contribution in [0, 0.1) is 0 Å². The van der Waals surface area contributed by atoms with E-state index in [-0.39, 0.29) is 7.43 Å². The molecule has 0 aromatic rings. The van der Waals surface area contributed by atoms with Crippen molar-refractivity contribution in [3.63, 3.8) is 0 Å². The highest BCUT2D eigenvalue weighted by atomic mass is 16.5. The molecule has 0 aliphatic heterocycles. The van der Waals surface area contributed by atoms with Gasteiger partial charge in [-0.1, -0.05) is 7.43 Å². The quantitative estimate of drug-likeness (QED) is 0.297. The van der Waals surface area contributed by atoms with Crippen LogP contribution in [0.15, 0.2) is 0 Å². The molecule has 0 spiro atoms. The van der Waals surface area contributed by atoms with E-state index in [9.17, 15) is 9.59 Å². The number of carboxylic acids is 2. The van der Waals surface area contributed by atoms with Gasteiger partial charge < -0.3 is 35.4 Å². The maximum atomic E-state index is 10.4. The third-order valence-corrected chi connectivity index (χ3v) is 1.13. The van der Waals surface area contributed by atoms with Crippen LogP contribution in [0.3, 0.4) is 0 Å². The summed E-state index contributed by atoms with van der Waals surface area (Å²) in [7, 11) is 1.97. The monoisotopic (exact) mass is 288 g/mol. The molecule has 116 valence electrons. The van der Waals surface area contributed by atoms with Gasteiger partial charge in [0.2, 0.25) is 0 Å². The number of rotatable bonds is 4. The Bertz CT molecular complexity index is 251.